The molecular formula is C11H13BrFNOS. The first-order valence-electron chi connectivity index (χ1n) is 4.72. The van der Waals surface area contributed by atoms with Crippen molar-refractivity contribution in [3.05, 3.63) is 34.1 Å². The van der Waals surface area contributed by atoms with Crippen molar-refractivity contribution in [2.75, 3.05) is 0 Å². The lowest BCUT2D eigenvalue weighted by atomic mass is 10.2. The van der Waals surface area contributed by atoms with E-state index in [9.17, 15) is 8.60 Å². The molecule has 1 atom stereocenters. The van der Waals surface area contributed by atoms with Crippen LogP contribution in [0.5, 0.6) is 0 Å². The first-order valence-corrected chi connectivity index (χ1v) is 6.62. The summed E-state index contributed by atoms with van der Waals surface area (Å²) >= 11 is 3.08. The standard InChI is InChI=1S/C11H13BrFNOS/c1-11(2,3)16(15)14-7-8-5-4-6-9(12)10(8)13/h4-7H,1-3H3. The Morgan fingerprint density at radius 2 is 2.06 bits per heavy atom. The molecule has 0 fully saturated rings. The van der Waals surface area contributed by atoms with E-state index in [0.717, 1.165) is 0 Å². The largest absolute Gasteiger partial charge is 0.234 e. The van der Waals surface area contributed by atoms with Gasteiger partial charge in [0, 0.05) is 11.8 Å². The SMILES string of the molecule is CC(C)(C)S(=O)N=Cc1cccc(Br)c1F. The molecular weight excluding hydrogens is 293 g/mol. The average Bonchev–Trinajstić information content (AvgIpc) is 2.18. The molecule has 0 bridgehead atoms. The highest BCUT2D eigenvalue weighted by Crippen LogP contribution is 2.18. The van der Waals surface area contributed by atoms with Crippen LogP contribution in [-0.4, -0.2) is 15.2 Å². The number of benzene rings is 1. The molecule has 0 spiro atoms. The molecule has 0 heterocycles. The lowest BCUT2D eigenvalue weighted by Crippen LogP contribution is -2.19. The molecule has 0 saturated carbocycles. The third-order valence-electron chi connectivity index (χ3n) is 1.79. The van der Waals surface area contributed by atoms with Crippen LogP contribution in [0, 0.1) is 5.82 Å². The van der Waals surface area contributed by atoms with Gasteiger partial charge in [-0.3, -0.25) is 0 Å². The Morgan fingerprint density at radius 3 is 2.62 bits per heavy atom. The summed E-state index contributed by atoms with van der Waals surface area (Å²) in [5.74, 6) is -0.392. The molecule has 5 heteroatoms. The molecule has 0 aliphatic carbocycles. The first kappa shape index (κ1) is 13.5. The quantitative estimate of drug-likeness (QED) is 0.769. The molecule has 0 saturated heterocycles. The highest BCUT2D eigenvalue weighted by atomic mass is 79.9. The van der Waals surface area contributed by atoms with Gasteiger partial charge in [-0.25, -0.2) is 8.60 Å². The third kappa shape index (κ3) is 3.49. The Bertz CT molecular complexity index is 440. The van der Waals surface area contributed by atoms with E-state index in [0.29, 0.717) is 10.0 Å². The van der Waals surface area contributed by atoms with Crippen molar-refractivity contribution < 1.29 is 8.60 Å². The van der Waals surface area contributed by atoms with Crippen LogP contribution in [0.15, 0.2) is 27.1 Å². The molecule has 1 aromatic carbocycles. The Morgan fingerprint density at radius 1 is 1.44 bits per heavy atom. The maximum absolute atomic E-state index is 13.5. The minimum atomic E-state index is -1.37. The van der Waals surface area contributed by atoms with Crippen LogP contribution in [0.4, 0.5) is 4.39 Å². The molecule has 0 aromatic heterocycles. The van der Waals surface area contributed by atoms with Gasteiger partial charge in [0.15, 0.2) is 0 Å². The summed E-state index contributed by atoms with van der Waals surface area (Å²) in [7, 11) is -1.37. The number of hydrogen-bond donors (Lipinski definition) is 0. The van der Waals surface area contributed by atoms with E-state index in [1.54, 1.807) is 18.2 Å². The van der Waals surface area contributed by atoms with E-state index in [4.69, 9.17) is 0 Å². The molecule has 0 radical (unpaired) electrons. The van der Waals surface area contributed by atoms with Crippen molar-refractivity contribution in [1.29, 1.82) is 0 Å². The van der Waals surface area contributed by atoms with Crippen molar-refractivity contribution >= 4 is 33.1 Å². The second kappa shape index (κ2) is 5.19. The average molecular weight is 306 g/mol. The smallest absolute Gasteiger partial charge is 0.146 e. The van der Waals surface area contributed by atoms with Crippen molar-refractivity contribution in [1.82, 2.24) is 0 Å². The van der Waals surface area contributed by atoms with Crippen LogP contribution in [0.1, 0.15) is 26.3 Å². The maximum Gasteiger partial charge on any atom is 0.146 e. The zero-order valence-corrected chi connectivity index (χ0v) is 11.7. The minimum Gasteiger partial charge on any atom is -0.234 e. The van der Waals surface area contributed by atoms with Crippen LogP contribution in [0.3, 0.4) is 0 Å². The van der Waals surface area contributed by atoms with Crippen LogP contribution in [0.2, 0.25) is 0 Å². The summed E-state index contributed by atoms with van der Waals surface area (Å²) in [6.45, 7) is 5.45. The Kier molecular flexibility index (Phi) is 4.38. The highest BCUT2D eigenvalue weighted by molar-refractivity contribution is 9.10. The van der Waals surface area contributed by atoms with Crippen LogP contribution in [0.25, 0.3) is 0 Å². The van der Waals surface area contributed by atoms with Gasteiger partial charge in [-0.2, -0.15) is 4.40 Å². The summed E-state index contributed by atoms with van der Waals surface area (Å²) in [4.78, 5) is 0. The topological polar surface area (TPSA) is 29.4 Å². The molecule has 0 aliphatic heterocycles. The summed E-state index contributed by atoms with van der Waals surface area (Å²) in [5, 5.41) is 0. The second-order valence-corrected chi connectivity index (χ2v) is 7.03. The predicted molar refractivity (Wildman–Crippen MR) is 69.6 cm³/mol. The molecule has 1 unspecified atom stereocenters. The van der Waals surface area contributed by atoms with E-state index >= 15 is 0 Å². The van der Waals surface area contributed by atoms with Gasteiger partial charge >= 0.3 is 0 Å². The van der Waals surface area contributed by atoms with Crippen molar-refractivity contribution in [2.24, 2.45) is 4.40 Å². The van der Waals surface area contributed by atoms with E-state index in [2.05, 4.69) is 20.3 Å². The van der Waals surface area contributed by atoms with Gasteiger partial charge in [-0.1, -0.05) is 12.1 Å². The van der Waals surface area contributed by atoms with Gasteiger partial charge in [0.2, 0.25) is 0 Å². The third-order valence-corrected chi connectivity index (χ3v) is 3.75. The lowest BCUT2D eigenvalue weighted by Gasteiger charge is -2.12. The molecule has 0 aliphatic rings. The fraction of sp³-hybridized carbons (Fsp3) is 0.364. The van der Waals surface area contributed by atoms with Crippen LogP contribution in [-0.2, 0) is 11.0 Å². The molecule has 0 N–H and O–H groups in total. The zero-order chi connectivity index (χ0) is 12.3. The maximum atomic E-state index is 13.5. The first-order chi connectivity index (χ1) is 7.32. The Hall–Kier alpha value is -0.550. The summed E-state index contributed by atoms with van der Waals surface area (Å²) in [6.07, 6.45) is 1.31. The van der Waals surface area contributed by atoms with Crippen molar-refractivity contribution in [3.8, 4) is 0 Å². The Labute approximate surface area is 106 Å². The van der Waals surface area contributed by atoms with Gasteiger partial charge in [0.05, 0.1) is 9.22 Å². The summed E-state index contributed by atoms with van der Waals surface area (Å²) < 4.78 is 28.9. The van der Waals surface area contributed by atoms with Crippen LogP contribution >= 0.6 is 15.9 Å². The van der Waals surface area contributed by atoms with Gasteiger partial charge in [-0.15, -0.1) is 0 Å². The summed E-state index contributed by atoms with van der Waals surface area (Å²) in [5.41, 5.74) is 0.326. The van der Waals surface area contributed by atoms with Gasteiger partial charge in [0.1, 0.15) is 16.8 Å². The lowest BCUT2D eigenvalue weighted by molar-refractivity contribution is 0.619. The fourth-order valence-corrected chi connectivity index (χ4v) is 1.79. The molecule has 1 aromatic rings. The number of halogens is 2. The van der Waals surface area contributed by atoms with E-state index in [-0.39, 0.29) is 0 Å². The number of nitrogens with zero attached hydrogens (tertiary/aromatic N) is 1. The van der Waals surface area contributed by atoms with Gasteiger partial charge in [0.25, 0.3) is 0 Å². The number of hydrogen-bond acceptors (Lipinski definition) is 1. The van der Waals surface area contributed by atoms with Crippen LogP contribution < -0.4 is 0 Å². The monoisotopic (exact) mass is 305 g/mol. The van der Waals surface area contributed by atoms with Crippen molar-refractivity contribution in [3.63, 3.8) is 0 Å². The second-order valence-electron chi connectivity index (χ2n) is 4.24. The molecule has 16 heavy (non-hydrogen) atoms. The molecule has 0 amide bonds. The molecule has 1 rings (SSSR count). The normalized spacial score (nSPS) is 14.3. The van der Waals surface area contributed by atoms with E-state index in [1.165, 1.54) is 6.21 Å². The van der Waals surface area contributed by atoms with Gasteiger partial charge < -0.3 is 0 Å². The minimum absolute atomic E-state index is 0.326. The van der Waals surface area contributed by atoms with E-state index < -0.39 is 21.5 Å². The predicted octanol–water partition coefficient (Wildman–Crippen LogP) is 3.47. The zero-order valence-electron chi connectivity index (χ0n) is 9.33. The summed E-state index contributed by atoms with van der Waals surface area (Å²) in [6, 6.07) is 4.89. The highest BCUT2D eigenvalue weighted by Gasteiger charge is 2.18. The molecule has 2 nitrogen and oxygen atoms in total. The van der Waals surface area contributed by atoms with Crippen molar-refractivity contribution in [2.45, 2.75) is 25.5 Å². The Balaban J connectivity index is 2.94. The number of rotatable bonds is 2. The molecule has 88 valence electrons. The van der Waals surface area contributed by atoms with E-state index in [1.807, 2.05) is 20.8 Å². The van der Waals surface area contributed by atoms with Gasteiger partial charge in [-0.05, 0) is 42.8 Å². The fourth-order valence-electron chi connectivity index (χ4n) is 0.883.